The van der Waals surface area contributed by atoms with Crippen LogP contribution in [0, 0.1) is 10.1 Å². The number of ether oxygens (including phenoxy) is 1. The Bertz CT molecular complexity index is 677. The molecule has 1 fully saturated rings. The molecule has 10 heteroatoms. The first-order valence-corrected chi connectivity index (χ1v) is 10.5. The van der Waals surface area contributed by atoms with Crippen LogP contribution >= 0.6 is 23.2 Å². The SMILES string of the molecule is C[N+](C)(CCNC1CCCCC1O[N+](=O)[O-])CC(O)COc1cccc(Cl)c1Cl. The number of hydrogen-bond donors (Lipinski definition) is 2. The number of aliphatic hydroxyl groups is 1. The third-order valence-corrected chi connectivity index (χ3v) is 5.90. The van der Waals surface area contributed by atoms with E-state index in [2.05, 4.69) is 5.32 Å². The monoisotopic (exact) mass is 450 g/mol. The minimum absolute atomic E-state index is 0.0209. The quantitative estimate of drug-likeness (QED) is 0.305. The van der Waals surface area contributed by atoms with Crippen LogP contribution in [0.15, 0.2) is 18.2 Å². The lowest BCUT2D eigenvalue weighted by atomic mass is 9.92. The standard InChI is InChI=1S/C19H30Cl2N3O5/c1-24(2,11-10-22-16-7-3-4-8-17(16)29-23(26)27)12-14(25)13-28-18-9-5-6-15(20)19(18)21/h5-6,9,14,16-17,22,25H,3-4,7-8,10-13H2,1-2H3/q+1. The fraction of sp³-hybridized carbons (Fsp3) is 0.684. The maximum Gasteiger partial charge on any atom is 0.294 e. The van der Waals surface area contributed by atoms with E-state index in [1.54, 1.807) is 18.2 Å². The summed E-state index contributed by atoms with van der Waals surface area (Å²) in [6.45, 7) is 2.01. The fourth-order valence-electron chi connectivity index (χ4n) is 3.62. The van der Waals surface area contributed by atoms with E-state index >= 15 is 0 Å². The second-order valence-corrected chi connectivity index (χ2v) is 8.86. The molecule has 1 aromatic carbocycles. The zero-order valence-corrected chi connectivity index (χ0v) is 18.4. The number of halogens is 2. The molecule has 3 atom stereocenters. The molecule has 8 nitrogen and oxygen atoms in total. The predicted octanol–water partition coefficient (Wildman–Crippen LogP) is 2.92. The molecule has 0 bridgehead atoms. The Morgan fingerprint density at radius 2 is 2.07 bits per heavy atom. The average molecular weight is 451 g/mol. The van der Waals surface area contributed by atoms with Gasteiger partial charge in [-0.05, 0) is 25.0 Å². The molecule has 0 amide bonds. The van der Waals surface area contributed by atoms with Crippen molar-refractivity contribution in [3.63, 3.8) is 0 Å². The van der Waals surface area contributed by atoms with Gasteiger partial charge in [0.1, 0.15) is 36.1 Å². The predicted molar refractivity (Wildman–Crippen MR) is 112 cm³/mol. The van der Waals surface area contributed by atoms with E-state index in [-0.39, 0.29) is 12.6 Å². The molecule has 1 aliphatic rings. The highest BCUT2D eigenvalue weighted by Gasteiger charge is 2.29. The largest absolute Gasteiger partial charge is 0.489 e. The van der Waals surface area contributed by atoms with Crippen molar-refractivity contribution in [1.82, 2.24) is 5.32 Å². The number of nitrogens with zero attached hydrogens (tertiary/aromatic N) is 2. The lowest BCUT2D eigenvalue weighted by molar-refractivity contribution is -0.892. The van der Waals surface area contributed by atoms with Crippen LogP contribution in [0.1, 0.15) is 25.7 Å². The Balaban J connectivity index is 1.75. The van der Waals surface area contributed by atoms with Crippen LogP contribution < -0.4 is 10.1 Å². The van der Waals surface area contributed by atoms with Crippen LogP contribution in [0.4, 0.5) is 0 Å². The average Bonchev–Trinajstić information content (AvgIpc) is 2.63. The van der Waals surface area contributed by atoms with Gasteiger partial charge in [-0.1, -0.05) is 42.1 Å². The zero-order valence-electron chi connectivity index (χ0n) is 16.9. The van der Waals surface area contributed by atoms with Crippen LogP contribution in [-0.4, -0.2) is 73.3 Å². The van der Waals surface area contributed by atoms with Gasteiger partial charge in [-0.25, -0.2) is 0 Å². The van der Waals surface area contributed by atoms with E-state index in [1.165, 1.54) is 0 Å². The van der Waals surface area contributed by atoms with E-state index in [1.807, 2.05) is 14.1 Å². The van der Waals surface area contributed by atoms with Gasteiger partial charge < -0.3 is 24.5 Å². The Morgan fingerprint density at radius 1 is 1.34 bits per heavy atom. The second-order valence-electron chi connectivity index (χ2n) is 8.07. The Hall–Kier alpha value is -1.32. The molecule has 0 saturated heterocycles. The topological polar surface area (TPSA) is 93.9 Å². The molecule has 0 heterocycles. The summed E-state index contributed by atoms with van der Waals surface area (Å²) in [5, 5.41) is 24.5. The molecule has 2 rings (SSSR count). The highest BCUT2D eigenvalue weighted by atomic mass is 35.5. The van der Waals surface area contributed by atoms with Crippen LogP contribution in [0.3, 0.4) is 0 Å². The summed E-state index contributed by atoms with van der Waals surface area (Å²) in [7, 11) is 4.03. The molecule has 0 aliphatic heterocycles. The lowest BCUT2D eigenvalue weighted by Gasteiger charge is -2.34. The van der Waals surface area contributed by atoms with Crippen molar-refractivity contribution in [1.29, 1.82) is 0 Å². The van der Waals surface area contributed by atoms with E-state index in [0.29, 0.717) is 39.8 Å². The Labute approximate surface area is 181 Å². The molecule has 0 spiro atoms. The first-order valence-electron chi connectivity index (χ1n) is 9.79. The van der Waals surface area contributed by atoms with Crippen molar-refractivity contribution in [3.05, 3.63) is 38.4 Å². The molecule has 2 N–H and O–H groups in total. The van der Waals surface area contributed by atoms with Crippen molar-refractivity contribution in [2.75, 3.05) is 40.3 Å². The van der Waals surface area contributed by atoms with Gasteiger partial charge in [-0.3, -0.25) is 0 Å². The summed E-state index contributed by atoms with van der Waals surface area (Å²) in [6, 6.07) is 5.10. The summed E-state index contributed by atoms with van der Waals surface area (Å²) >= 11 is 12.1. The number of quaternary nitrogens is 1. The lowest BCUT2D eigenvalue weighted by Crippen LogP contribution is -2.52. The molecule has 0 radical (unpaired) electrons. The highest BCUT2D eigenvalue weighted by Crippen LogP contribution is 2.31. The van der Waals surface area contributed by atoms with Crippen molar-refractivity contribution < 1.29 is 24.3 Å². The second kappa shape index (κ2) is 11.2. The molecular weight excluding hydrogens is 421 g/mol. The molecule has 164 valence electrons. The fourth-order valence-corrected chi connectivity index (χ4v) is 3.96. The number of benzene rings is 1. The first kappa shape index (κ1) is 24.0. The summed E-state index contributed by atoms with van der Waals surface area (Å²) < 4.78 is 6.17. The molecule has 1 aliphatic carbocycles. The maximum atomic E-state index is 10.7. The molecule has 1 saturated carbocycles. The van der Waals surface area contributed by atoms with Crippen LogP contribution in [-0.2, 0) is 4.84 Å². The van der Waals surface area contributed by atoms with Crippen molar-refractivity contribution >= 4 is 23.2 Å². The summed E-state index contributed by atoms with van der Waals surface area (Å²) in [6.07, 6.45) is 2.47. The molecule has 0 aromatic heterocycles. The van der Waals surface area contributed by atoms with Gasteiger partial charge in [-0.15, -0.1) is 10.1 Å². The summed E-state index contributed by atoms with van der Waals surface area (Å²) in [4.78, 5) is 15.5. The number of hydrogen-bond acceptors (Lipinski definition) is 6. The normalized spacial score (nSPS) is 20.9. The van der Waals surface area contributed by atoms with Crippen LogP contribution in [0.2, 0.25) is 10.0 Å². The first-order chi connectivity index (χ1) is 13.7. The third kappa shape index (κ3) is 8.14. The van der Waals surface area contributed by atoms with E-state index < -0.39 is 17.3 Å². The van der Waals surface area contributed by atoms with Gasteiger partial charge in [0.25, 0.3) is 5.09 Å². The minimum atomic E-state index is -0.701. The molecule has 3 unspecified atom stereocenters. The third-order valence-electron chi connectivity index (χ3n) is 5.10. The highest BCUT2D eigenvalue weighted by molar-refractivity contribution is 6.42. The van der Waals surface area contributed by atoms with Crippen molar-refractivity contribution in [3.8, 4) is 5.75 Å². The maximum absolute atomic E-state index is 10.7. The smallest absolute Gasteiger partial charge is 0.294 e. The molecular formula is C19H30Cl2N3O5+. The number of aliphatic hydroxyl groups excluding tert-OH is 1. The molecule has 29 heavy (non-hydrogen) atoms. The summed E-state index contributed by atoms with van der Waals surface area (Å²) in [5.41, 5.74) is 0. The van der Waals surface area contributed by atoms with E-state index in [9.17, 15) is 15.2 Å². The Morgan fingerprint density at radius 3 is 2.79 bits per heavy atom. The number of nitrogens with one attached hydrogen (secondary N) is 1. The van der Waals surface area contributed by atoms with E-state index in [0.717, 1.165) is 25.8 Å². The van der Waals surface area contributed by atoms with Gasteiger partial charge in [-0.2, -0.15) is 0 Å². The Kier molecular flexibility index (Phi) is 9.23. The number of likely N-dealkylation sites (N-methyl/N-ethyl adjacent to an activating group) is 1. The minimum Gasteiger partial charge on any atom is -0.489 e. The number of rotatable bonds is 11. The molecule has 1 aromatic rings. The zero-order chi connectivity index (χ0) is 21.4. The van der Waals surface area contributed by atoms with Gasteiger partial charge >= 0.3 is 0 Å². The van der Waals surface area contributed by atoms with Gasteiger partial charge in [0.2, 0.25) is 0 Å². The van der Waals surface area contributed by atoms with Crippen LogP contribution in [0.5, 0.6) is 5.75 Å². The van der Waals surface area contributed by atoms with Crippen LogP contribution in [0.25, 0.3) is 0 Å². The van der Waals surface area contributed by atoms with Crippen molar-refractivity contribution in [2.45, 2.75) is 43.9 Å². The van der Waals surface area contributed by atoms with Crippen molar-refractivity contribution in [2.24, 2.45) is 0 Å². The van der Waals surface area contributed by atoms with Gasteiger partial charge in [0.15, 0.2) is 0 Å². The van der Waals surface area contributed by atoms with E-state index in [4.69, 9.17) is 32.8 Å². The van der Waals surface area contributed by atoms with Gasteiger partial charge in [0.05, 0.1) is 25.7 Å². The summed E-state index contributed by atoms with van der Waals surface area (Å²) in [5.74, 6) is 0.444. The van der Waals surface area contributed by atoms with Gasteiger partial charge in [0, 0.05) is 12.6 Å².